The normalized spacial score (nSPS) is 21.6. The van der Waals surface area contributed by atoms with Gasteiger partial charge in [-0.15, -0.1) is 23.4 Å². The van der Waals surface area contributed by atoms with Crippen LogP contribution < -0.4 is 10.1 Å². The Hall–Kier alpha value is -3.14. The van der Waals surface area contributed by atoms with Gasteiger partial charge >= 0.3 is 6.36 Å². The van der Waals surface area contributed by atoms with Gasteiger partial charge in [-0.3, -0.25) is 9.36 Å². The Morgan fingerprint density at radius 1 is 1.09 bits per heavy atom. The van der Waals surface area contributed by atoms with Gasteiger partial charge in [0, 0.05) is 30.4 Å². The summed E-state index contributed by atoms with van der Waals surface area (Å²) in [6.07, 6.45) is -1.75. The number of sulfonamides is 1. The van der Waals surface area contributed by atoms with Crippen LogP contribution in [0.5, 0.6) is 5.75 Å². The van der Waals surface area contributed by atoms with Crippen molar-refractivity contribution in [1.82, 2.24) is 24.4 Å². The summed E-state index contributed by atoms with van der Waals surface area (Å²) in [7, 11) is -3.82. The van der Waals surface area contributed by atoms with Crippen LogP contribution in [-0.4, -0.2) is 77.9 Å². The SMILES string of the molecule is CC1CCCC(NC(=O)CSc2nnc(-c3cccc(S(=O)(=O)N4CCOCC4)c3)n2-c2ccc(OC(F)(F)F)cc2)C1C. The van der Waals surface area contributed by atoms with Gasteiger partial charge in [0.25, 0.3) is 0 Å². The maximum Gasteiger partial charge on any atom is 0.573 e. The van der Waals surface area contributed by atoms with Crippen LogP contribution in [0.1, 0.15) is 33.1 Å². The quantitative estimate of drug-likeness (QED) is 0.325. The first-order valence-corrected chi connectivity index (χ1v) is 16.8. The summed E-state index contributed by atoms with van der Waals surface area (Å²) >= 11 is 1.13. The highest BCUT2D eigenvalue weighted by atomic mass is 32.2. The third-order valence-electron chi connectivity index (χ3n) is 8.05. The summed E-state index contributed by atoms with van der Waals surface area (Å²) in [4.78, 5) is 13.0. The molecule has 1 saturated carbocycles. The number of amides is 1. The van der Waals surface area contributed by atoms with E-state index in [9.17, 15) is 26.4 Å². The third kappa shape index (κ3) is 7.56. The molecule has 10 nitrogen and oxygen atoms in total. The molecule has 2 aliphatic rings. The number of rotatable bonds is 9. The van der Waals surface area contributed by atoms with Crippen LogP contribution in [0.4, 0.5) is 13.2 Å². The molecule has 1 saturated heterocycles. The van der Waals surface area contributed by atoms with Gasteiger partial charge in [-0.25, -0.2) is 8.42 Å². The van der Waals surface area contributed by atoms with Crippen molar-refractivity contribution in [2.75, 3.05) is 32.1 Å². The Morgan fingerprint density at radius 3 is 2.52 bits per heavy atom. The smallest absolute Gasteiger partial charge is 0.406 e. The molecule has 2 aromatic carbocycles. The maximum absolute atomic E-state index is 13.3. The number of halogens is 3. The summed E-state index contributed by atoms with van der Waals surface area (Å²) in [5.74, 6) is 0.594. The van der Waals surface area contributed by atoms with E-state index in [1.807, 2.05) is 0 Å². The van der Waals surface area contributed by atoms with E-state index in [0.29, 0.717) is 41.5 Å². The van der Waals surface area contributed by atoms with E-state index in [4.69, 9.17) is 4.74 Å². The minimum atomic E-state index is -4.85. The van der Waals surface area contributed by atoms with Gasteiger partial charge < -0.3 is 14.8 Å². The summed E-state index contributed by atoms with van der Waals surface area (Å²) in [5, 5.41) is 12.0. The van der Waals surface area contributed by atoms with E-state index in [0.717, 1.165) is 31.0 Å². The van der Waals surface area contributed by atoms with E-state index in [1.165, 1.54) is 40.7 Å². The molecule has 3 aromatic rings. The molecule has 1 aromatic heterocycles. The minimum Gasteiger partial charge on any atom is -0.406 e. The van der Waals surface area contributed by atoms with E-state index >= 15 is 0 Å². The molecule has 0 radical (unpaired) electrons. The lowest BCUT2D eigenvalue weighted by atomic mass is 9.78. The van der Waals surface area contributed by atoms with E-state index in [2.05, 4.69) is 34.1 Å². The van der Waals surface area contributed by atoms with Crippen molar-refractivity contribution in [1.29, 1.82) is 0 Å². The second-order valence-electron chi connectivity index (χ2n) is 11.0. The van der Waals surface area contributed by atoms with Crippen LogP contribution >= 0.6 is 11.8 Å². The van der Waals surface area contributed by atoms with Gasteiger partial charge in [-0.1, -0.05) is 50.6 Å². The molecule has 2 heterocycles. The number of hydrogen-bond acceptors (Lipinski definition) is 8. The highest BCUT2D eigenvalue weighted by Crippen LogP contribution is 2.33. The topological polar surface area (TPSA) is 116 Å². The number of carbonyl (C=O) groups is 1. The van der Waals surface area contributed by atoms with Gasteiger partial charge in [-0.05, 0) is 54.7 Å². The first-order valence-electron chi connectivity index (χ1n) is 14.3. The van der Waals surface area contributed by atoms with Crippen LogP contribution in [0.15, 0.2) is 58.6 Å². The lowest BCUT2D eigenvalue weighted by molar-refractivity contribution is -0.274. The molecule has 238 valence electrons. The summed E-state index contributed by atoms with van der Waals surface area (Å²) in [5.41, 5.74) is 0.822. The van der Waals surface area contributed by atoms with Crippen molar-refractivity contribution < 1.29 is 35.9 Å². The highest BCUT2D eigenvalue weighted by molar-refractivity contribution is 7.99. The molecule has 44 heavy (non-hydrogen) atoms. The first-order chi connectivity index (χ1) is 20.9. The van der Waals surface area contributed by atoms with Gasteiger partial charge in [0.1, 0.15) is 5.75 Å². The number of alkyl halides is 3. The average molecular weight is 654 g/mol. The number of nitrogens with one attached hydrogen (secondary N) is 1. The van der Waals surface area contributed by atoms with Crippen LogP contribution in [0.25, 0.3) is 17.1 Å². The average Bonchev–Trinajstić information content (AvgIpc) is 3.42. The van der Waals surface area contributed by atoms with Crippen molar-refractivity contribution >= 4 is 27.7 Å². The number of hydrogen-bond donors (Lipinski definition) is 1. The van der Waals surface area contributed by atoms with Crippen molar-refractivity contribution in [3.63, 3.8) is 0 Å². The number of nitrogens with zero attached hydrogens (tertiary/aromatic N) is 4. The maximum atomic E-state index is 13.3. The highest BCUT2D eigenvalue weighted by Gasteiger charge is 2.32. The number of ether oxygens (including phenoxy) is 2. The zero-order chi connectivity index (χ0) is 31.5. The largest absolute Gasteiger partial charge is 0.573 e. The Labute approximate surface area is 258 Å². The fraction of sp³-hybridized carbons (Fsp3) is 0.483. The Kier molecular flexibility index (Phi) is 9.87. The van der Waals surface area contributed by atoms with Crippen LogP contribution in [-0.2, 0) is 19.6 Å². The third-order valence-corrected chi connectivity index (χ3v) is 10.9. The van der Waals surface area contributed by atoms with Crippen molar-refractivity contribution in [3.8, 4) is 22.8 Å². The number of carbonyl (C=O) groups excluding carboxylic acids is 1. The molecule has 1 aliphatic carbocycles. The molecular weight excluding hydrogens is 619 g/mol. The number of morpholine rings is 1. The van der Waals surface area contributed by atoms with Crippen molar-refractivity contribution in [2.45, 2.75) is 55.6 Å². The lowest BCUT2D eigenvalue weighted by Crippen LogP contribution is -2.44. The molecule has 0 bridgehead atoms. The number of thioether (sulfide) groups is 1. The first kappa shape index (κ1) is 32.3. The second-order valence-corrected chi connectivity index (χ2v) is 13.8. The molecule has 0 spiro atoms. The van der Waals surface area contributed by atoms with E-state index < -0.39 is 22.1 Å². The molecule has 2 fully saturated rings. The molecule has 1 aliphatic heterocycles. The van der Waals surface area contributed by atoms with Crippen molar-refractivity contribution in [3.05, 3.63) is 48.5 Å². The number of benzene rings is 2. The van der Waals surface area contributed by atoms with Gasteiger partial charge in [0.05, 0.1) is 23.9 Å². The molecule has 1 N–H and O–H groups in total. The Morgan fingerprint density at radius 2 is 1.82 bits per heavy atom. The predicted octanol–water partition coefficient (Wildman–Crippen LogP) is 4.89. The standard InChI is InChI=1S/C29H34F3N5O5S2/c1-19-5-3-8-25(20(19)2)33-26(38)18-43-28-35-34-27(37(28)22-9-11-23(12-10-22)42-29(30,31)32)21-6-4-7-24(17-21)44(39,40)36-13-15-41-16-14-36/h4,6-7,9-12,17,19-20,25H,3,5,8,13-16,18H2,1-2H3,(H,33,38). The molecule has 3 atom stereocenters. The van der Waals surface area contributed by atoms with Crippen LogP contribution in [0.2, 0.25) is 0 Å². The number of aromatic nitrogens is 3. The molecular formula is C29H34F3N5O5S2. The molecule has 1 amide bonds. The molecule has 3 unspecified atom stereocenters. The Balaban J connectivity index is 1.44. The van der Waals surface area contributed by atoms with Gasteiger partial charge in [0.15, 0.2) is 11.0 Å². The zero-order valence-corrected chi connectivity index (χ0v) is 25.9. The second kappa shape index (κ2) is 13.5. The molecule has 5 rings (SSSR count). The van der Waals surface area contributed by atoms with Crippen molar-refractivity contribution in [2.24, 2.45) is 11.8 Å². The van der Waals surface area contributed by atoms with E-state index in [-0.39, 0.29) is 41.5 Å². The summed E-state index contributed by atoms with van der Waals surface area (Å²) in [6.45, 7) is 5.40. The van der Waals surface area contributed by atoms with Gasteiger partial charge in [0.2, 0.25) is 15.9 Å². The predicted molar refractivity (Wildman–Crippen MR) is 158 cm³/mol. The monoisotopic (exact) mass is 653 g/mol. The fourth-order valence-electron chi connectivity index (χ4n) is 5.48. The van der Waals surface area contributed by atoms with Crippen LogP contribution in [0.3, 0.4) is 0 Å². The van der Waals surface area contributed by atoms with E-state index in [1.54, 1.807) is 16.7 Å². The summed E-state index contributed by atoms with van der Waals surface area (Å²) in [6, 6.07) is 11.5. The minimum absolute atomic E-state index is 0.0381. The van der Waals surface area contributed by atoms with Crippen LogP contribution in [0, 0.1) is 11.8 Å². The molecule has 15 heteroatoms. The van der Waals surface area contributed by atoms with Gasteiger partial charge in [-0.2, -0.15) is 4.31 Å². The lowest BCUT2D eigenvalue weighted by Gasteiger charge is -2.34. The summed E-state index contributed by atoms with van der Waals surface area (Å²) < 4.78 is 77.3. The Bertz CT molecular complexity index is 1560. The fourth-order valence-corrected chi connectivity index (χ4v) is 7.69. The zero-order valence-electron chi connectivity index (χ0n) is 24.3.